The second-order valence-electron chi connectivity index (χ2n) is 9.13. The number of hydrogen-bond acceptors (Lipinski definition) is 6. The lowest BCUT2D eigenvalue weighted by Gasteiger charge is -2.44. The fraction of sp³-hybridized carbons (Fsp3) is 0.500. The van der Waals surface area contributed by atoms with Gasteiger partial charge < -0.3 is 31.3 Å². The number of likely N-dealkylation sites (tertiary alicyclic amines) is 1. The smallest absolute Gasteiger partial charge is 0.327 e. The van der Waals surface area contributed by atoms with E-state index in [1.807, 2.05) is 0 Å². The number of amides is 5. The van der Waals surface area contributed by atoms with Crippen LogP contribution in [0.4, 0.5) is 4.79 Å². The molecule has 34 heavy (non-hydrogen) atoms. The zero-order valence-corrected chi connectivity index (χ0v) is 19.6. The highest BCUT2D eigenvalue weighted by Gasteiger charge is 2.64. The Labute approximate surface area is 200 Å². The van der Waals surface area contributed by atoms with Crippen molar-refractivity contribution in [3.05, 3.63) is 35.9 Å². The molecule has 182 valence electrons. The molecule has 0 saturated carbocycles. The minimum absolute atomic E-state index is 0.363. The fourth-order valence-corrected chi connectivity index (χ4v) is 6.49. The van der Waals surface area contributed by atoms with Gasteiger partial charge in [0.1, 0.15) is 29.5 Å². The van der Waals surface area contributed by atoms with Crippen molar-refractivity contribution in [3.63, 3.8) is 0 Å². The molecule has 3 fully saturated rings. The van der Waals surface area contributed by atoms with Gasteiger partial charge in [-0.3, -0.25) is 14.4 Å². The normalized spacial score (nSPS) is 28.0. The van der Waals surface area contributed by atoms with Gasteiger partial charge in [-0.1, -0.05) is 30.3 Å². The minimum atomic E-state index is -1.11. The van der Waals surface area contributed by atoms with Gasteiger partial charge in [-0.05, 0) is 32.3 Å². The molecular weight excluding hydrogens is 462 g/mol. The first kappa shape index (κ1) is 23.9. The molecule has 1 aromatic rings. The van der Waals surface area contributed by atoms with Gasteiger partial charge in [0.15, 0.2) is 0 Å². The van der Waals surface area contributed by atoms with Crippen molar-refractivity contribution in [1.29, 1.82) is 0 Å². The number of aliphatic carboxylic acids is 1. The first-order valence-corrected chi connectivity index (χ1v) is 11.9. The van der Waals surface area contributed by atoms with Gasteiger partial charge in [0.05, 0.1) is 0 Å². The van der Waals surface area contributed by atoms with Crippen LogP contribution in [0.3, 0.4) is 0 Å². The van der Waals surface area contributed by atoms with Crippen molar-refractivity contribution in [2.45, 2.75) is 61.0 Å². The first-order chi connectivity index (χ1) is 16.0. The van der Waals surface area contributed by atoms with E-state index < -0.39 is 64.0 Å². The van der Waals surface area contributed by atoms with Gasteiger partial charge in [0.2, 0.25) is 17.7 Å². The number of carbonyl (C=O) groups excluding carboxylic acids is 4. The van der Waals surface area contributed by atoms with E-state index >= 15 is 0 Å². The average Bonchev–Trinajstić information content (AvgIpc) is 3.37. The van der Waals surface area contributed by atoms with Crippen LogP contribution in [0.5, 0.6) is 0 Å². The van der Waals surface area contributed by atoms with Crippen molar-refractivity contribution in [1.82, 2.24) is 20.4 Å². The standard InChI is InChI=1S/C22H27N5O6S/c1-22(2)15(20(31)32)27-18(30)14(19(27)34-22)25-17(29)13(11-7-4-3-5-8-11)24-16(28)12-9-6-10-26(12)21(23)33/h3-5,7-8,12-15,19H,6,9-10H2,1-2H3,(H2,23,33)(H,24,28)(H,25,29)(H,31,32)/t12-,13?,14-,15+,19-/m1/s1. The maximum Gasteiger partial charge on any atom is 0.327 e. The lowest BCUT2D eigenvalue weighted by Crippen LogP contribution is -2.71. The molecule has 3 saturated heterocycles. The number of urea groups is 1. The fourth-order valence-electron chi connectivity index (χ4n) is 4.87. The Morgan fingerprint density at radius 3 is 2.50 bits per heavy atom. The third-order valence-electron chi connectivity index (χ3n) is 6.49. The number of β-lactam (4-membered cyclic amide) rings is 1. The van der Waals surface area contributed by atoms with E-state index in [1.165, 1.54) is 21.6 Å². The van der Waals surface area contributed by atoms with Crippen molar-refractivity contribution < 1.29 is 29.1 Å². The molecule has 5 N–H and O–H groups in total. The molecule has 0 radical (unpaired) electrons. The summed E-state index contributed by atoms with van der Waals surface area (Å²) >= 11 is 1.32. The monoisotopic (exact) mass is 489 g/mol. The van der Waals surface area contributed by atoms with Crippen LogP contribution in [0.15, 0.2) is 30.3 Å². The van der Waals surface area contributed by atoms with E-state index in [0.717, 1.165) is 0 Å². The summed E-state index contributed by atoms with van der Waals surface area (Å²) in [6.07, 6.45) is 1.05. The Balaban J connectivity index is 1.51. The zero-order valence-electron chi connectivity index (χ0n) is 18.8. The predicted molar refractivity (Wildman–Crippen MR) is 122 cm³/mol. The van der Waals surface area contributed by atoms with Crippen molar-refractivity contribution >= 4 is 41.5 Å². The van der Waals surface area contributed by atoms with Crippen LogP contribution in [0.2, 0.25) is 0 Å². The van der Waals surface area contributed by atoms with E-state index in [-0.39, 0.29) is 0 Å². The highest BCUT2D eigenvalue weighted by atomic mass is 32.2. The molecule has 0 aromatic heterocycles. The van der Waals surface area contributed by atoms with E-state index in [0.29, 0.717) is 24.9 Å². The van der Waals surface area contributed by atoms with Crippen LogP contribution in [0.25, 0.3) is 0 Å². The van der Waals surface area contributed by atoms with Crippen LogP contribution in [-0.2, 0) is 19.2 Å². The lowest BCUT2D eigenvalue weighted by molar-refractivity contribution is -0.161. The molecule has 1 unspecified atom stereocenters. The zero-order chi connectivity index (χ0) is 24.8. The molecule has 5 amide bonds. The van der Waals surface area contributed by atoms with Crippen molar-refractivity contribution in [2.24, 2.45) is 5.73 Å². The van der Waals surface area contributed by atoms with Gasteiger partial charge in [-0.25, -0.2) is 9.59 Å². The lowest BCUT2D eigenvalue weighted by atomic mass is 9.95. The van der Waals surface area contributed by atoms with E-state index in [2.05, 4.69) is 10.6 Å². The molecule has 1 aromatic carbocycles. The van der Waals surface area contributed by atoms with Crippen LogP contribution >= 0.6 is 11.8 Å². The van der Waals surface area contributed by atoms with Crippen LogP contribution in [-0.4, -0.2) is 79.4 Å². The molecule has 3 aliphatic heterocycles. The Kier molecular flexibility index (Phi) is 6.19. The third-order valence-corrected chi connectivity index (χ3v) is 8.06. The first-order valence-electron chi connectivity index (χ1n) is 11.0. The van der Waals surface area contributed by atoms with Crippen LogP contribution < -0.4 is 16.4 Å². The predicted octanol–water partition coefficient (Wildman–Crippen LogP) is 0.0187. The largest absolute Gasteiger partial charge is 0.480 e. The number of hydrogen-bond donors (Lipinski definition) is 4. The van der Waals surface area contributed by atoms with E-state index in [9.17, 15) is 29.1 Å². The van der Waals surface area contributed by atoms with Crippen molar-refractivity contribution in [3.8, 4) is 0 Å². The average molecular weight is 490 g/mol. The summed E-state index contributed by atoms with van der Waals surface area (Å²) in [6.45, 7) is 3.86. The number of nitrogens with one attached hydrogen (secondary N) is 2. The summed E-state index contributed by atoms with van der Waals surface area (Å²) in [5, 5.41) is 14.5. The quantitative estimate of drug-likeness (QED) is 0.409. The highest BCUT2D eigenvalue weighted by Crippen LogP contribution is 2.50. The summed E-state index contributed by atoms with van der Waals surface area (Å²) in [7, 11) is 0. The Bertz CT molecular complexity index is 1030. The second kappa shape index (κ2) is 8.82. The SMILES string of the molecule is CC1(C)S[C@@H]2[C@H](NC(=O)C(NC(=O)[C@H]3CCCN3C(N)=O)c3ccccc3)C(=O)N2[C@H]1C(=O)O. The molecule has 0 aliphatic carbocycles. The van der Waals surface area contributed by atoms with E-state index in [1.54, 1.807) is 44.2 Å². The Morgan fingerprint density at radius 2 is 1.88 bits per heavy atom. The maximum atomic E-state index is 13.3. The minimum Gasteiger partial charge on any atom is -0.480 e. The molecule has 4 rings (SSSR count). The molecule has 3 heterocycles. The molecule has 3 aliphatic rings. The number of benzene rings is 1. The Morgan fingerprint density at radius 1 is 1.21 bits per heavy atom. The van der Waals surface area contributed by atoms with Crippen LogP contribution in [0, 0.1) is 0 Å². The molecule has 11 nitrogen and oxygen atoms in total. The summed E-state index contributed by atoms with van der Waals surface area (Å²) in [4.78, 5) is 65.0. The Hall–Kier alpha value is -3.28. The number of thioether (sulfide) groups is 1. The number of fused-ring (bicyclic) bond motifs is 1. The van der Waals surface area contributed by atoms with Gasteiger partial charge >= 0.3 is 12.0 Å². The van der Waals surface area contributed by atoms with Gasteiger partial charge in [-0.15, -0.1) is 11.8 Å². The summed E-state index contributed by atoms with van der Waals surface area (Å²) in [6, 6.07) is 4.07. The van der Waals surface area contributed by atoms with Gasteiger partial charge in [0.25, 0.3) is 0 Å². The highest BCUT2D eigenvalue weighted by molar-refractivity contribution is 8.01. The van der Waals surface area contributed by atoms with Crippen molar-refractivity contribution in [2.75, 3.05) is 6.54 Å². The second-order valence-corrected chi connectivity index (χ2v) is 10.9. The number of nitrogens with two attached hydrogens (primary N) is 1. The molecule has 0 bridgehead atoms. The number of nitrogens with zero attached hydrogens (tertiary/aromatic N) is 2. The van der Waals surface area contributed by atoms with Gasteiger partial charge in [0, 0.05) is 11.3 Å². The molecule has 12 heteroatoms. The molecule has 0 spiro atoms. The summed E-state index contributed by atoms with van der Waals surface area (Å²) < 4.78 is -0.723. The number of carboxylic acids is 1. The van der Waals surface area contributed by atoms with E-state index in [4.69, 9.17) is 5.73 Å². The molecular formula is C22H27N5O6S. The number of carbonyl (C=O) groups is 5. The maximum absolute atomic E-state index is 13.3. The number of rotatable bonds is 6. The number of primary amides is 1. The molecule has 5 atom stereocenters. The van der Waals surface area contributed by atoms with Gasteiger partial charge in [-0.2, -0.15) is 0 Å². The summed E-state index contributed by atoms with van der Waals surface area (Å²) in [5.41, 5.74) is 5.88. The summed E-state index contributed by atoms with van der Waals surface area (Å²) in [5.74, 6) is -2.68. The third kappa shape index (κ3) is 4.06. The van der Waals surface area contributed by atoms with Crippen LogP contribution in [0.1, 0.15) is 38.3 Å². The topological polar surface area (TPSA) is 162 Å². The number of carboxylic acid groups (broad SMARTS) is 1.